The van der Waals surface area contributed by atoms with Crippen LogP contribution in [0.3, 0.4) is 0 Å². The summed E-state index contributed by atoms with van der Waals surface area (Å²) >= 11 is 0. The quantitative estimate of drug-likeness (QED) is 0.761. The normalized spacial score (nSPS) is 22.2. The zero-order valence-corrected chi connectivity index (χ0v) is 13.4. The van der Waals surface area contributed by atoms with Crippen molar-refractivity contribution in [3.63, 3.8) is 0 Å². The number of aliphatic hydroxyl groups is 1. The Hall–Kier alpha value is -2.40. The summed E-state index contributed by atoms with van der Waals surface area (Å²) in [5.41, 5.74) is 2.70. The molecule has 0 amide bonds. The van der Waals surface area contributed by atoms with Gasteiger partial charge in [-0.1, -0.05) is 24.3 Å². The van der Waals surface area contributed by atoms with Crippen LogP contribution < -0.4 is 4.90 Å². The molecule has 3 aromatic rings. The Labute approximate surface area is 140 Å². The van der Waals surface area contributed by atoms with E-state index in [2.05, 4.69) is 44.1 Å². The van der Waals surface area contributed by atoms with Gasteiger partial charge in [-0.05, 0) is 30.0 Å². The average Bonchev–Trinajstić information content (AvgIpc) is 3.31. The molecule has 1 aliphatic carbocycles. The number of hydrogen-bond acceptors (Lipinski definition) is 4. The molecule has 5 rings (SSSR count). The standard InChI is InChI=1S/C19H20N4O/c24-19(10-13-4-1-2-5-14(13)11-19)16-6-3-9-23(16)18-15-7-8-20-17(15)21-12-22-18/h1-2,4-5,7-8,12,16,24H,3,6,9-11H2,(H,20,21,22)/t16-/m1/s1. The third kappa shape index (κ3) is 1.97. The van der Waals surface area contributed by atoms with Crippen molar-refractivity contribution in [1.29, 1.82) is 0 Å². The first kappa shape index (κ1) is 14.0. The Morgan fingerprint density at radius 2 is 1.92 bits per heavy atom. The van der Waals surface area contributed by atoms with E-state index in [0.717, 1.165) is 49.1 Å². The van der Waals surface area contributed by atoms with Crippen LogP contribution in [0.15, 0.2) is 42.9 Å². The minimum Gasteiger partial charge on any atom is -0.387 e. The van der Waals surface area contributed by atoms with E-state index < -0.39 is 5.60 Å². The van der Waals surface area contributed by atoms with Crippen LogP contribution in [0.5, 0.6) is 0 Å². The highest BCUT2D eigenvalue weighted by Crippen LogP contribution is 2.40. The fraction of sp³-hybridized carbons (Fsp3) is 0.368. The van der Waals surface area contributed by atoms with Gasteiger partial charge in [0.2, 0.25) is 0 Å². The van der Waals surface area contributed by atoms with E-state index in [0.29, 0.717) is 0 Å². The lowest BCUT2D eigenvalue weighted by Gasteiger charge is -2.37. The molecule has 5 nitrogen and oxygen atoms in total. The molecule has 0 unspecified atom stereocenters. The number of hydrogen-bond donors (Lipinski definition) is 2. The summed E-state index contributed by atoms with van der Waals surface area (Å²) in [7, 11) is 0. The maximum atomic E-state index is 11.5. The number of aromatic amines is 1. The van der Waals surface area contributed by atoms with Crippen molar-refractivity contribution in [1.82, 2.24) is 15.0 Å². The second-order valence-corrected chi connectivity index (χ2v) is 7.01. The van der Waals surface area contributed by atoms with Crippen LogP contribution in [0.2, 0.25) is 0 Å². The number of H-pyrrole nitrogens is 1. The number of rotatable bonds is 2. The molecule has 2 N–H and O–H groups in total. The predicted octanol–water partition coefficient (Wildman–Crippen LogP) is 2.46. The fourth-order valence-corrected chi connectivity index (χ4v) is 4.53. The fourth-order valence-electron chi connectivity index (χ4n) is 4.53. The van der Waals surface area contributed by atoms with Gasteiger partial charge in [0.25, 0.3) is 0 Å². The second-order valence-electron chi connectivity index (χ2n) is 7.01. The number of benzene rings is 1. The van der Waals surface area contributed by atoms with Crippen LogP contribution in [0.4, 0.5) is 5.82 Å². The Morgan fingerprint density at radius 1 is 1.12 bits per heavy atom. The molecule has 2 aliphatic rings. The highest BCUT2D eigenvalue weighted by atomic mass is 16.3. The first-order chi connectivity index (χ1) is 11.7. The van der Waals surface area contributed by atoms with Gasteiger partial charge in [-0.3, -0.25) is 0 Å². The van der Waals surface area contributed by atoms with Crippen molar-refractivity contribution in [2.45, 2.75) is 37.3 Å². The number of anilines is 1. The van der Waals surface area contributed by atoms with E-state index in [1.54, 1.807) is 6.33 Å². The van der Waals surface area contributed by atoms with Gasteiger partial charge in [-0.25, -0.2) is 9.97 Å². The summed E-state index contributed by atoms with van der Waals surface area (Å²) in [6, 6.07) is 10.5. The molecule has 1 fully saturated rings. The van der Waals surface area contributed by atoms with Gasteiger partial charge in [-0.15, -0.1) is 0 Å². The first-order valence-corrected chi connectivity index (χ1v) is 8.58. The molecule has 1 saturated heterocycles. The molecular weight excluding hydrogens is 300 g/mol. The minimum atomic E-state index is -0.715. The van der Waals surface area contributed by atoms with Crippen LogP contribution in [0.25, 0.3) is 11.0 Å². The lowest BCUT2D eigenvalue weighted by atomic mass is 9.89. The molecule has 0 spiro atoms. The Balaban J connectivity index is 1.54. The van der Waals surface area contributed by atoms with Crippen molar-refractivity contribution in [3.8, 4) is 0 Å². The summed E-state index contributed by atoms with van der Waals surface area (Å²) < 4.78 is 0. The maximum Gasteiger partial charge on any atom is 0.142 e. The van der Waals surface area contributed by atoms with E-state index in [9.17, 15) is 5.11 Å². The van der Waals surface area contributed by atoms with Crippen LogP contribution in [0.1, 0.15) is 24.0 Å². The third-order valence-corrected chi connectivity index (χ3v) is 5.59. The van der Waals surface area contributed by atoms with Crippen molar-refractivity contribution in [3.05, 3.63) is 54.0 Å². The van der Waals surface area contributed by atoms with Crippen molar-refractivity contribution >= 4 is 16.9 Å². The van der Waals surface area contributed by atoms with Crippen molar-refractivity contribution < 1.29 is 5.11 Å². The van der Waals surface area contributed by atoms with Crippen LogP contribution in [0, 0.1) is 0 Å². The van der Waals surface area contributed by atoms with E-state index in [1.165, 1.54) is 11.1 Å². The molecule has 24 heavy (non-hydrogen) atoms. The molecular formula is C19H20N4O. The summed E-state index contributed by atoms with van der Waals surface area (Å²) in [6.45, 7) is 0.931. The van der Waals surface area contributed by atoms with Gasteiger partial charge in [-0.2, -0.15) is 0 Å². The van der Waals surface area contributed by atoms with Crippen LogP contribution in [-0.4, -0.2) is 38.2 Å². The molecule has 2 aromatic heterocycles. The molecule has 1 atom stereocenters. The predicted molar refractivity (Wildman–Crippen MR) is 93.1 cm³/mol. The Bertz CT molecular complexity index is 878. The number of nitrogens with zero attached hydrogens (tertiary/aromatic N) is 3. The molecule has 1 aliphatic heterocycles. The number of fused-ring (bicyclic) bond motifs is 2. The Morgan fingerprint density at radius 3 is 2.71 bits per heavy atom. The molecule has 0 bridgehead atoms. The van der Waals surface area contributed by atoms with Gasteiger partial charge in [0.15, 0.2) is 0 Å². The zero-order chi connectivity index (χ0) is 16.1. The molecule has 122 valence electrons. The number of nitrogens with one attached hydrogen (secondary N) is 1. The molecule has 0 saturated carbocycles. The first-order valence-electron chi connectivity index (χ1n) is 8.58. The second kappa shape index (κ2) is 5.05. The lowest BCUT2D eigenvalue weighted by molar-refractivity contribution is 0.0257. The minimum absolute atomic E-state index is 0.0953. The molecule has 3 heterocycles. The van der Waals surface area contributed by atoms with Gasteiger partial charge < -0.3 is 15.0 Å². The van der Waals surface area contributed by atoms with Crippen molar-refractivity contribution in [2.24, 2.45) is 0 Å². The SMILES string of the molecule is OC1([C@H]2CCCN2c2ncnc3[nH]ccc23)Cc2ccccc2C1. The highest BCUT2D eigenvalue weighted by molar-refractivity contribution is 5.87. The van der Waals surface area contributed by atoms with Gasteiger partial charge in [0.05, 0.1) is 17.0 Å². The summed E-state index contributed by atoms with van der Waals surface area (Å²) in [5, 5.41) is 12.5. The van der Waals surface area contributed by atoms with Crippen LogP contribution in [-0.2, 0) is 12.8 Å². The summed E-state index contributed by atoms with van der Waals surface area (Å²) in [4.78, 5) is 14.3. The third-order valence-electron chi connectivity index (χ3n) is 5.59. The molecule has 0 radical (unpaired) electrons. The topological polar surface area (TPSA) is 65.0 Å². The zero-order valence-electron chi connectivity index (χ0n) is 13.4. The van der Waals surface area contributed by atoms with E-state index in [1.807, 2.05) is 12.3 Å². The highest BCUT2D eigenvalue weighted by Gasteiger charge is 2.47. The monoisotopic (exact) mass is 320 g/mol. The van der Waals surface area contributed by atoms with E-state index in [4.69, 9.17) is 0 Å². The van der Waals surface area contributed by atoms with E-state index in [-0.39, 0.29) is 6.04 Å². The summed E-state index contributed by atoms with van der Waals surface area (Å²) in [6.07, 6.45) is 7.04. The smallest absolute Gasteiger partial charge is 0.142 e. The largest absolute Gasteiger partial charge is 0.387 e. The van der Waals surface area contributed by atoms with Crippen molar-refractivity contribution in [2.75, 3.05) is 11.4 Å². The Kier molecular flexibility index (Phi) is 2.94. The van der Waals surface area contributed by atoms with Gasteiger partial charge >= 0.3 is 0 Å². The van der Waals surface area contributed by atoms with Gasteiger partial charge in [0, 0.05) is 25.6 Å². The van der Waals surface area contributed by atoms with Crippen LogP contribution >= 0.6 is 0 Å². The number of aromatic nitrogens is 3. The maximum absolute atomic E-state index is 11.5. The lowest BCUT2D eigenvalue weighted by Crippen LogP contribution is -2.51. The average molecular weight is 320 g/mol. The van der Waals surface area contributed by atoms with Gasteiger partial charge in [0.1, 0.15) is 17.8 Å². The van der Waals surface area contributed by atoms with E-state index >= 15 is 0 Å². The summed E-state index contributed by atoms with van der Waals surface area (Å²) in [5.74, 6) is 0.938. The molecule has 1 aromatic carbocycles. The molecule has 5 heteroatoms.